The predicted molar refractivity (Wildman–Crippen MR) is 148 cm³/mol. The molecule has 5 heteroatoms. The van der Waals surface area contributed by atoms with Crippen LogP contribution in [0, 0.1) is 5.92 Å². The van der Waals surface area contributed by atoms with Gasteiger partial charge in [0.25, 0.3) is 0 Å². The van der Waals surface area contributed by atoms with Crippen LogP contribution in [0.3, 0.4) is 0 Å². The van der Waals surface area contributed by atoms with Crippen molar-refractivity contribution in [3.05, 3.63) is 29.8 Å². The van der Waals surface area contributed by atoms with Gasteiger partial charge in [-0.25, -0.2) is 0 Å². The zero-order chi connectivity index (χ0) is 25.8. The standard InChI is InChI=1S/C29H49NO3Si/c1-23(31)27(24(2)32)28(33)25-17-19-26(20-18-25)30-21-15-13-11-9-8-10-12-14-16-22-34(6,7)29(3,4)5/h17-20,27,30H,8-16,21-22H2,1-7H3. The fourth-order valence-electron chi connectivity index (χ4n) is 4.11. The number of Topliss-reactive ketones (excluding diaryl/α,β-unsaturated/α-hetero) is 3. The molecule has 0 aliphatic rings. The Hall–Kier alpha value is -1.75. The highest BCUT2D eigenvalue weighted by Gasteiger charge is 2.33. The summed E-state index contributed by atoms with van der Waals surface area (Å²) >= 11 is 0. The number of rotatable bonds is 17. The van der Waals surface area contributed by atoms with Crippen molar-refractivity contribution in [2.75, 3.05) is 11.9 Å². The average molecular weight is 488 g/mol. The van der Waals surface area contributed by atoms with Crippen LogP contribution in [0.2, 0.25) is 24.2 Å². The number of nitrogens with one attached hydrogen (secondary N) is 1. The van der Waals surface area contributed by atoms with Gasteiger partial charge in [0.1, 0.15) is 17.5 Å². The summed E-state index contributed by atoms with van der Waals surface area (Å²) in [6, 6.07) is 8.52. The summed E-state index contributed by atoms with van der Waals surface area (Å²) in [6.45, 7) is 15.8. The van der Waals surface area contributed by atoms with Crippen LogP contribution in [0.15, 0.2) is 24.3 Å². The predicted octanol–water partition coefficient (Wildman–Crippen LogP) is 8.09. The van der Waals surface area contributed by atoms with Crippen molar-refractivity contribution in [3.8, 4) is 0 Å². The summed E-state index contributed by atoms with van der Waals surface area (Å²) < 4.78 is 0. The van der Waals surface area contributed by atoms with E-state index in [1.165, 1.54) is 71.3 Å². The monoisotopic (exact) mass is 487 g/mol. The number of carbonyl (C=O) groups is 3. The van der Waals surface area contributed by atoms with Gasteiger partial charge in [-0.1, -0.05) is 91.3 Å². The third-order valence-electron chi connectivity index (χ3n) is 7.58. The summed E-state index contributed by atoms with van der Waals surface area (Å²) in [5.41, 5.74) is 1.36. The van der Waals surface area contributed by atoms with Crippen LogP contribution in [0.25, 0.3) is 0 Å². The first-order chi connectivity index (χ1) is 15.9. The van der Waals surface area contributed by atoms with Gasteiger partial charge in [-0.2, -0.15) is 0 Å². The van der Waals surface area contributed by atoms with E-state index in [-0.39, 0.29) is 0 Å². The Morgan fingerprint density at radius 1 is 0.765 bits per heavy atom. The number of hydrogen-bond acceptors (Lipinski definition) is 4. The lowest BCUT2D eigenvalue weighted by atomic mass is 9.91. The van der Waals surface area contributed by atoms with Crippen LogP contribution in [0.5, 0.6) is 0 Å². The molecule has 192 valence electrons. The quantitative estimate of drug-likeness (QED) is 0.104. The fourth-order valence-corrected chi connectivity index (χ4v) is 6.00. The molecule has 0 spiro atoms. The topological polar surface area (TPSA) is 63.2 Å². The Labute approximate surface area is 209 Å². The molecule has 0 saturated carbocycles. The van der Waals surface area contributed by atoms with Crippen molar-refractivity contribution < 1.29 is 14.4 Å². The van der Waals surface area contributed by atoms with Gasteiger partial charge in [0.2, 0.25) is 0 Å². The van der Waals surface area contributed by atoms with E-state index >= 15 is 0 Å². The van der Waals surface area contributed by atoms with E-state index in [1.54, 1.807) is 12.1 Å². The molecule has 1 N–H and O–H groups in total. The molecule has 0 fully saturated rings. The molecule has 0 unspecified atom stereocenters. The maximum atomic E-state index is 12.4. The van der Waals surface area contributed by atoms with Gasteiger partial charge in [-0.15, -0.1) is 0 Å². The van der Waals surface area contributed by atoms with Crippen molar-refractivity contribution in [2.45, 2.75) is 117 Å². The zero-order valence-electron chi connectivity index (χ0n) is 22.9. The maximum Gasteiger partial charge on any atom is 0.180 e. The van der Waals surface area contributed by atoms with Crippen LogP contribution in [-0.4, -0.2) is 32.0 Å². The summed E-state index contributed by atoms with van der Waals surface area (Å²) in [5.74, 6) is -2.40. The summed E-state index contributed by atoms with van der Waals surface area (Å²) in [7, 11) is -1.09. The van der Waals surface area contributed by atoms with Crippen LogP contribution in [0.4, 0.5) is 5.69 Å². The van der Waals surface area contributed by atoms with Gasteiger partial charge < -0.3 is 5.32 Å². The van der Waals surface area contributed by atoms with Crippen LogP contribution in [0.1, 0.15) is 103 Å². The minimum Gasteiger partial charge on any atom is -0.385 e. The fraction of sp³-hybridized carbons (Fsp3) is 0.690. The summed E-state index contributed by atoms with van der Waals surface area (Å²) in [5, 5.41) is 3.91. The second-order valence-corrected chi connectivity index (χ2v) is 17.4. The third kappa shape index (κ3) is 10.7. The molecule has 0 atom stereocenters. The number of ketones is 3. The normalized spacial score (nSPS) is 12.1. The molecule has 0 saturated heterocycles. The molecule has 1 aromatic rings. The molecule has 34 heavy (non-hydrogen) atoms. The smallest absolute Gasteiger partial charge is 0.180 e. The Kier molecular flexibility index (Phi) is 13.0. The van der Waals surface area contributed by atoms with E-state index < -0.39 is 31.3 Å². The van der Waals surface area contributed by atoms with E-state index in [9.17, 15) is 14.4 Å². The van der Waals surface area contributed by atoms with Gasteiger partial charge in [0, 0.05) is 17.8 Å². The Morgan fingerprint density at radius 3 is 1.65 bits per heavy atom. The zero-order valence-corrected chi connectivity index (χ0v) is 23.9. The third-order valence-corrected chi connectivity index (χ3v) is 13.2. The lowest BCUT2D eigenvalue weighted by Crippen LogP contribution is -2.36. The van der Waals surface area contributed by atoms with Gasteiger partial charge in [0.05, 0.1) is 8.07 Å². The molecule has 0 aromatic heterocycles. The molecular weight excluding hydrogens is 438 g/mol. The van der Waals surface area contributed by atoms with E-state index in [2.05, 4.69) is 39.2 Å². The number of carbonyl (C=O) groups excluding carboxylic acids is 3. The van der Waals surface area contributed by atoms with Crippen molar-refractivity contribution in [1.82, 2.24) is 0 Å². The highest BCUT2D eigenvalue weighted by atomic mass is 28.3. The maximum absolute atomic E-state index is 12.4. The van der Waals surface area contributed by atoms with E-state index in [0.717, 1.165) is 18.7 Å². The molecule has 0 radical (unpaired) electrons. The number of hydrogen-bond donors (Lipinski definition) is 1. The molecule has 0 amide bonds. The molecule has 0 heterocycles. The van der Waals surface area contributed by atoms with Crippen molar-refractivity contribution >= 4 is 31.1 Å². The number of unbranched alkanes of at least 4 members (excludes halogenated alkanes) is 8. The molecule has 4 nitrogen and oxygen atoms in total. The summed E-state index contributed by atoms with van der Waals surface area (Å²) in [4.78, 5) is 35.6. The summed E-state index contributed by atoms with van der Waals surface area (Å²) in [6.07, 6.45) is 11.9. The highest BCUT2D eigenvalue weighted by molar-refractivity contribution is 6.80. The second-order valence-electron chi connectivity index (χ2n) is 11.6. The Bertz CT molecular complexity index is 764. The lowest BCUT2D eigenvalue weighted by Gasteiger charge is -2.37. The SMILES string of the molecule is CC(=O)C(C(C)=O)C(=O)c1ccc(NCCCCCCCCCCC[Si](C)(C)C(C)(C)C)cc1. The van der Waals surface area contributed by atoms with Gasteiger partial charge in [-0.3, -0.25) is 14.4 Å². The van der Waals surface area contributed by atoms with E-state index in [4.69, 9.17) is 0 Å². The van der Waals surface area contributed by atoms with Crippen LogP contribution < -0.4 is 5.32 Å². The molecule has 1 rings (SSSR count). The second kappa shape index (κ2) is 14.6. The van der Waals surface area contributed by atoms with Gasteiger partial charge >= 0.3 is 0 Å². The van der Waals surface area contributed by atoms with Crippen molar-refractivity contribution in [3.63, 3.8) is 0 Å². The molecule has 0 aliphatic carbocycles. The number of benzene rings is 1. The molecule has 0 bridgehead atoms. The minimum absolute atomic E-state index is 0.402. The van der Waals surface area contributed by atoms with Crippen LogP contribution in [-0.2, 0) is 9.59 Å². The first kappa shape index (κ1) is 30.3. The van der Waals surface area contributed by atoms with Crippen molar-refractivity contribution in [1.29, 1.82) is 0 Å². The van der Waals surface area contributed by atoms with Gasteiger partial charge in [0.15, 0.2) is 5.78 Å². The average Bonchev–Trinajstić information content (AvgIpc) is 2.73. The van der Waals surface area contributed by atoms with E-state index in [1.807, 2.05) is 12.1 Å². The van der Waals surface area contributed by atoms with Crippen LogP contribution >= 0.6 is 0 Å². The molecular formula is C29H49NO3Si. The Balaban J connectivity index is 2.12. The van der Waals surface area contributed by atoms with Crippen molar-refractivity contribution in [2.24, 2.45) is 5.92 Å². The first-order valence-electron chi connectivity index (χ1n) is 13.3. The van der Waals surface area contributed by atoms with Gasteiger partial charge in [-0.05, 0) is 49.6 Å². The van der Waals surface area contributed by atoms with E-state index in [0.29, 0.717) is 10.6 Å². The molecule has 1 aromatic carbocycles. The Morgan fingerprint density at radius 2 is 1.21 bits per heavy atom. The minimum atomic E-state index is -1.18. The number of anilines is 1. The first-order valence-corrected chi connectivity index (χ1v) is 16.5. The largest absolute Gasteiger partial charge is 0.385 e. The lowest BCUT2D eigenvalue weighted by molar-refractivity contribution is -0.128. The highest BCUT2D eigenvalue weighted by Crippen LogP contribution is 2.39. The molecule has 0 aliphatic heterocycles.